The van der Waals surface area contributed by atoms with Crippen LogP contribution >= 0.6 is 23.1 Å². The van der Waals surface area contributed by atoms with Crippen LogP contribution in [0.2, 0.25) is 0 Å². The average molecular weight is 597 g/mol. The van der Waals surface area contributed by atoms with E-state index in [1.54, 1.807) is 46.5 Å². The minimum atomic E-state index is -0.731. The molecule has 0 radical (unpaired) electrons. The molecule has 0 amide bonds. The molecule has 10 heteroatoms. The summed E-state index contributed by atoms with van der Waals surface area (Å²) < 4.78 is 10.8. The lowest BCUT2D eigenvalue weighted by Gasteiger charge is -2.26. The van der Waals surface area contributed by atoms with Crippen molar-refractivity contribution in [1.29, 1.82) is 0 Å². The van der Waals surface area contributed by atoms with Crippen molar-refractivity contribution in [3.63, 3.8) is 0 Å². The van der Waals surface area contributed by atoms with Gasteiger partial charge in [-0.05, 0) is 54.6 Å². The molecule has 212 valence electrons. The Morgan fingerprint density at radius 2 is 1.71 bits per heavy atom. The van der Waals surface area contributed by atoms with E-state index in [-0.39, 0.29) is 17.9 Å². The van der Waals surface area contributed by atoms with Gasteiger partial charge in [-0.2, -0.15) is 0 Å². The second-order valence-electron chi connectivity index (χ2n) is 9.85. The van der Waals surface area contributed by atoms with E-state index in [2.05, 4.69) is 0 Å². The fourth-order valence-electron chi connectivity index (χ4n) is 5.31. The maximum Gasteiger partial charge on any atom is 0.338 e. The summed E-state index contributed by atoms with van der Waals surface area (Å²) in [5.74, 6) is -0.510. The van der Waals surface area contributed by atoms with Crippen LogP contribution in [0.1, 0.15) is 29.7 Å². The molecule has 3 heterocycles. The smallest absolute Gasteiger partial charge is 0.338 e. The predicted octanol–water partition coefficient (Wildman–Crippen LogP) is 3.85. The fraction of sp³-hybridized carbons (Fsp3) is 0.188. The third kappa shape index (κ3) is 4.66. The molecule has 2 aromatic heterocycles. The van der Waals surface area contributed by atoms with E-state index in [4.69, 9.17) is 9.73 Å². The minimum Gasteiger partial charge on any atom is -0.463 e. The number of aromatic nitrogens is 3. The number of esters is 1. The quantitative estimate of drug-likeness (QED) is 0.220. The summed E-state index contributed by atoms with van der Waals surface area (Å²) in [5.41, 5.74) is 4.34. The first-order valence-electron chi connectivity index (χ1n) is 13.4. The topological polar surface area (TPSA) is 87.6 Å². The molecule has 0 N–H and O–H groups in total. The number of ether oxygens (including phenoxy) is 1. The van der Waals surface area contributed by atoms with Gasteiger partial charge in [0.2, 0.25) is 0 Å². The van der Waals surface area contributed by atoms with Crippen LogP contribution < -0.4 is 20.6 Å². The number of thiazole rings is 1. The Bertz CT molecular complexity index is 2120. The van der Waals surface area contributed by atoms with Gasteiger partial charge in [0.05, 0.1) is 39.5 Å². The number of thioether (sulfide) groups is 1. The van der Waals surface area contributed by atoms with Crippen LogP contribution in [0.4, 0.5) is 0 Å². The van der Waals surface area contributed by atoms with Crippen LogP contribution in [0, 0.1) is 0 Å². The number of carbonyl (C=O) groups is 1. The van der Waals surface area contributed by atoms with Crippen molar-refractivity contribution in [2.75, 3.05) is 12.9 Å². The van der Waals surface area contributed by atoms with Gasteiger partial charge in [-0.15, -0.1) is 11.8 Å². The summed E-state index contributed by atoms with van der Waals surface area (Å²) in [6.07, 6.45) is 3.81. The Kier molecular flexibility index (Phi) is 7.34. The van der Waals surface area contributed by atoms with Gasteiger partial charge in [0, 0.05) is 24.6 Å². The molecule has 0 spiro atoms. The monoisotopic (exact) mass is 596 g/mol. The summed E-state index contributed by atoms with van der Waals surface area (Å²) in [5, 5.41) is 0. The molecule has 3 aromatic carbocycles. The van der Waals surface area contributed by atoms with Crippen molar-refractivity contribution in [2.24, 2.45) is 19.1 Å². The van der Waals surface area contributed by atoms with E-state index in [0.717, 1.165) is 32.6 Å². The average Bonchev–Trinajstić information content (AvgIpc) is 3.44. The molecule has 42 heavy (non-hydrogen) atoms. The summed E-state index contributed by atoms with van der Waals surface area (Å²) >= 11 is 2.89. The fourth-order valence-corrected chi connectivity index (χ4v) is 6.72. The Balaban J connectivity index is 1.62. The summed E-state index contributed by atoms with van der Waals surface area (Å²) in [6.45, 7) is 1.95. The van der Waals surface area contributed by atoms with Gasteiger partial charge in [-0.1, -0.05) is 59.9 Å². The highest BCUT2D eigenvalue weighted by Gasteiger charge is 2.35. The molecule has 8 nitrogen and oxygen atoms in total. The van der Waals surface area contributed by atoms with Gasteiger partial charge in [0.25, 0.3) is 5.56 Å². The molecule has 1 atom stereocenters. The van der Waals surface area contributed by atoms with Crippen LogP contribution in [-0.4, -0.2) is 32.5 Å². The second kappa shape index (κ2) is 11.1. The number of hydrogen-bond donors (Lipinski definition) is 0. The number of benzene rings is 3. The van der Waals surface area contributed by atoms with Gasteiger partial charge >= 0.3 is 11.7 Å². The lowest BCUT2D eigenvalue weighted by molar-refractivity contribution is -0.138. The summed E-state index contributed by atoms with van der Waals surface area (Å²) in [6, 6.07) is 22.3. The lowest BCUT2D eigenvalue weighted by Crippen LogP contribution is -2.40. The molecule has 0 fully saturated rings. The molecule has 5 aromatic rings. The number of carbonyl (C=O) groups excluding carboxylic acids is 1. The predicted molar refractivity (Wildman–Crippen MR) is 167 cm³/mol. The van der Waals surface area contributed by atoms with E-state index >= 15 is 0 Å². The van der Waals surface area contributed by atoms with Crippen molar-refractivity contribution in [1.82, 2.24) is 13.7 Å². The second-order valence-corrected chi connectivity index (χ2v) is 11.7. The minimum absolute atomic E-state index is 0.117. The lowest BCUT2D eigenvalue weighted by atomic mass is 9.93. The highest BCUT2D eigenvalue weighted by atomic mass is 32.2. The van der Waals surface area contributed by atoms with Gasteiger partial charge in [-0.3, -0.25) is 18.5 Å². The van der Waals surface area contributed by atoms with Crippen LogP contribution in [0.15, 0.2) is 97.8 Å². The molecule has 0 aliphatic carbocycles. The highest BCUT2D eigenvalue weighted by Crippen LogP contribution is 2.35. The van der Waals surface area contributed by atoms with E-state index in [1.807, 2.05) is 85.1 Å². The van der Waals surface area contributed by atoms with Crippen LogP contribution in [0.5, 0.6) is 0 Å². The van der Waals surface area contributed by atoms with Gasteiger partial charge < -0.3 is 4.74 Å². The first-order chi connectivity index (χ1) is 20.3. The molecular weight excluding hydrogens is 569 g/mol. The maximum atomic E-state index is 14.1. The van der Waals surface area contributed by atoms with E-state index in [0.29, 0.717) is 20.6 Å². The SMILES string of the molecule is CCOC(=O)C1=C(c2ccccc2)N=c2s/c(=C/c3ccc4c(c3)n(C)c(=O)n4C)c(=O)n2[C@H]1c1ccc(SC)cc1. The standard InChI is InChI=1S/C32H28N4O4S2/c1-5-40-30(38)26-27(20-9-7-6-8-10-20)33-31-36(28(26)21-12-14-22(41-4)15-13-21)29(37)25(42-31)18-19-11-16-23-24(17-19)35(3)32(39)34(23)2/h6-18,28H,5H2,1-4H3/b25-18+/t28-/m0/s1. The maximum absolute atomic E-state index is 14.1. The van der Waals surface area contributed by atoms with Crippen LogP contribution in [0.3, 0.4) is 0 Å². The largest absolute Gasteiger partial charge is 0.463 e. The van der Waals surface area contributed by atoms with Crippen molar-refractivity contribution in [2.45, 2.75) is 17.9 Å². The number of nitrogens with zero attached hydrogens (tertiary/aromatic N) is 4. The number of fused-ring (bicyclic) bond motifs is 2. The molecule has 0 saturated heterocycles. The zero-order chi connectivity index (χ0) is 29.5. The van der Waals surface area contributed by atoms with E-state index in [1.165, 1.54) is 11.3 Å². The Morgan fingerprint density at radius 3 is 2.40 bits per heavy atom. The van der Waals surface area contributed by atoms with Crippen molar-refractivity contribution < 1.29 is 9.53 Å². The van der Waals surface area contributed by atoms with E-state index in [9.17, 15) is 14.4 Å². The molecule has 0 bridgehead atoms. The Hall–Kier alpha value is -4.41. The molecule has 0 saturated carbocycles. The van der Waals surface area contributed by atoms with Crippen molar-refractivity contribution >= 4 is 51.9 Å². The van der Waals surface area contributed by atoms with Gasteiger partial charge in [0.15, 0.2) is 4.80 Å². The molecular formula is C32H28N4O4S2. The molecule has 6 rings (SSSR count). The summed E-state index contributed by atoms with van der Waals surface area (Å²) in [4.78, 5) is 46.6. The molecule has 1 aliphatic rings. The van der Waals surface area contributed by atoms with Crippen LogP contribution in [0.25, 0.3) is 22.8 Å². The summed E-state index contributed by atoms with van der Waals surface area (Å²) in [7, 11) is 3.46. The number of aryl methyl sites for hydroxylation is 2. The highest BCUT2D eigenvalue weighted by molar-refractivity contribution is 7.98. The van der Waals surface area contributed by atoms with Crippen molar-refractivity contribution in [3.05, 3.63) is 125 Å². The van der Waals surface area contributed by atoms with Gasteiger partial charge in [0.1, 0.15) is 0 Å². The number of rotatable bonds is 6. The normalized spacial score (nSPS) is 15.1. The zero-order valence-electron chi connectivity index (χ0n) is 23.5. The number of hydrogen-bond acceptors (Lipinski definition) is 7. The van der Waals surface area contributed by atoms with E-state index < -0.39 is 12.0 Å². The molecule has 1 aliphatic heterocycles. The van der Waals surface area contributed by atoms with Crippen LogP contribution in [-0.2, 0) is 23.6 Å². The third-order valence-electron chi connectivity index (χ3n) is 7.40. The molecule has 0 unspecified atom stereocenters. The zero-order valence-corrected chi connectivity index (χ0v) is 25.2. The first kappa shape index (κ1) is 27.7. The Morgan fingerprint density at radius 1 is 1.00 bits per heavy atom. The van der Waals surface area contributed by atoms with Crippen molar-refractivity contribution in [3.8, 4) is 0 Å². The Labute approximate surface area is 249 Å². The van der Waals surface area contributed by atoms with Gasteiger partial charge in [-0.25, -0.2) is 14.6 Å². The first-order valence-corrected chi connectivity index (χ1v) is 15.4. The number of imidazole rings is 1. The third-order valence-corrected chi connectivity index (χ3v) is 9.13.